The summed E-state index contributed by atoms with van der Waals surface area (Å²) in [6, 6.07) is 0. The Morgan fingerprint density at radius 1 is 1.06 bits per heavy atom. The van der Waals surface area contributed by atoms with Crippen LogP contribution in [0.1, 0.15) is 20.8 Å². The summed E-state index contributed by atoms with van der Waals surface area (Å²) in [6.07, 6.45) is -0.423. The van der Waals surface area contributed by atoms with Gasteiger partial charge in [-0.25, -0.2) is 0 Å². The molecule has 0 aromatic rings. The fourth-order valence-corrected chi connectivity index (χ4v) is 1.34. The summed E-state index contributed by atoms with van der Waals surface area (Å²) in [6.45, 7) is 9.58. The van der Waals surface area contributed by atoms with Gasteiger partial charge in [-0.2, -0.15) is 0 Å². The smallest absolute Gasteiger partial charge is 0.0897 e. The maximum Gasteiger partial charge on any atom is 0.0897 e. The molecule has 0 radical (unpaired) electrons. The molecule has 0 saturated carbocycles. The molecule has 0 aliphatic heterocycles. The lowest BCUT2D eigenvalue weighted by Gasteiger charge is -2.15. The first-order valence-electron chi connectivity index (χ1n) is 6.01. The van der Waals surface area contributed by atoms with E-state index >= 15 is 0 Å². The number of aliphatic hydroxyl groups excluding tert-OH is 1. The van der Waals surface area contributed by atoms with Crippen molar-refractivity contribution in [1.82, 2.24) is 5.32 Å². The minimum Gasteiger partial charge on any atom is -0.389 e. The summed E-state index contributed by atoms with van der Waals surface area (Å²) in [4.78, 5) is 0. The predicted molar refractivity (Wildman–Crippen MR) is 65.6 cm³/mol. The number of hydrogen-bond donors (Lipinski definition) is 2. The average molecular weight is 233 g/mol. The zero-order valence-electron chi connectivity index (χ0n) is 11.0. The van der Waals surface area contributed by atoms with Crippen LogP contribution in [0.2, 0.25) is 0 Å². The minimum absolute atomic E-state index is 0.407. The highest BCUT2D eigenvalue weighted by Gasteiger charge is 2.06. The van der Waals surface area contributed by atoms with Crippen LogP contribution in [-0.2, 0) is 9.47 Å². The largest absolute Gasteiger partial charge is 0.389 e. The van der Waals surface area contributed by atoms with Gasteiger partial charge in [0, 0.05) is 26.9 Å². The molecular weight excluding hydrogens is 206 g/mol. The van der Waals surface area contributed by atoms with Crippen LogP contribution >= 0.6 is 0 Å². The van der Waals surface area contributed by atoms with E-state index in [9.17, 15) is 5.11 Å². The van der Waals surface area contributed by atoms with Gasteiger partial charge in [0.2, 0.25) is 0 Å². The first kappa shape index (κ1) is 15.8. The molecule has 16 heavy (non-hydrogen) atoms. The number of nitrogens with one attached hydrogen (secondary N) is 1. The van der Waals surface area contributed by atoms with Gasteiger partial charge in [-0.1, -0.05) is 20.8 Å². The van der Waals surface area contributed by atoms with Crippen molar-refractivity contribution in [1.29, 1.82) is 0 Å². The molecule has 0 aromatic carbocycles. The molecule has 2 N–H and O–H groups in total. The summed E-state index contributed by atoms with van der Waals surface area (Å²) in [5.74, 6) is 0.982. The van der Waals surface area contributed by atoms with Gasteiger partial charge in [0.05, 0.1) is 12.7 Å². The lowest BCUT2D eigenvalue weighted by molar-refractivity contribution is 0.0255. The van der Waals surface area contributed by atoms with Crippen molar-refractivity contribution in [3.63, 3.8) is 0 Å². The molecule has 2 unspecified atom stereocenters. The fourth-order valence-electron chi connectivity index (χ4n) is 1.34. The maximum absolute atomic E-state index is 9.59. The molecule has 4 heteroatoms. The molecule has 0 saturated heterocycles. The maximum atomic E-state index is 9.59. The Morgan fingerprint density at radius 3 is 2.31 bits per heavy atom. The van der Waals surface area contributed by atoms with Gasteiger partial charge >= 0.3 is 0 Å². The Balaban J connectivity index is 3.32. The van der Waals surface area contributed by atoms with E-state index in [1.807, 2.05) is 0 Å². The highest BCUT2D eigenvalue weighted by Crippen LogP contribution is 1.95. The topological polar surface area (TPSA) is 50.7 Å². The minimum atomic E-state index is -0.423. The molecule has 0 aliphatic rings. The van der Waals surface area contributed by atoms with Crippen LogP contribution in [-0.4, -0.2) is 51.2 Å². The quantitative estimate of drug-likeness (QED) is 0.588. The zero-order valence-corrected chi connectivity index (χ0v) is 11.0. The molecule has 0 bridgehead atoms. The number of hydrogen-bond acceptors (Lipinski definition) is 4. The SMILES string of the molecule is COCC(C)CNCC(O)COCC(C)C. The third-order valence-electron chi connectivity index (χ3n) is 2.09. The molecule has 2 atom stereocenters. The Morgan fingerprint density at radius 2 is 1.75 bits per heavy atom. The summed E-state index contributed by atoms with van der Waals surface area (Å²) < 4.78 is 10.4. The number of rotatable bonds is 10. The summed E-state index contributed by atoms with van der Waals surface area (Å²) in [5, 5.41) is 12.8. The van der Waals surface area contributed by atoms with Crippen molar-refractivity contribution in [2.75, 3.05) is 40.0 Å². The first-order chi connectivity index (χ1) is 7.56. The van der Waals surface area contributed by atoms with Crippen molar-refractivity contribution in [3.8, 4) is 0 Å². The summed E-state index contributed by atoms with van der Waals surface area (Å²) in [5.41, 5.74) is 0. The number of methoxy groups -OCH3 is 1. The third-order valence-corrected chi connectivity index (χ3v) is 2.09. The van der Waals surface area contributed by atoms with Crippen LogP contribution in [0.5, 0.6) is 0 Å². The van der Waals surface area contributed by atoms with Crippen LogP contribution < -0.4 is 5.32 Å². The van der Waals surface area contributed by atoms with Crippen molar-refractivity contribution in [3.05, 3.63) is 0 Å². The summed E-state index contributed by atoms with van der Waals surface area (Å²) in [7, 11) is 1.70. The standard InChI is InChI=1S/C12H27NO3/c1-10(2)7-16-9-12(14)6-13-5-11(3)8-15-4/h10-14H,5-9H2,1-4H3. The van der Waals surface area contributed by atoms with E-state index < -0.39 is 6.10 Å². The van der Waals surface area contributed by atoms with Gasteiger partial charge in [0.25, 0.3) is 0 Å². The Kier molecular flexibility index (Phi) is 9.92. The van der Waals surface area contributed by atoms with Crippen LogP contribution in [0.3, 0.4) is 0 Å². The van der Waals surface area contributed by atoms with Crippen molar-refractivity contribution in [2.24, 2.45) is 11.8 Å². The molecule has 4 nitrogen and oxygen atoms in total. The molecular formula is C12H27NO3. The van der Waals surface area contributed by atoms with Crippen LogP contribution in [0.15, 0.2) is 0 Å². The predicted octanol–water partition coefficient (Wildman–Crippen LogP) is 0.892. The second kappa shape index (κ2) is 10.0. The zero-order chi connectivity index (χ0) is 12.4. The van der Waals surface area contributed by atoms with Crippen LogP contribution in [0, 0.1) is 11.8 Å². The number of aliphatic hydroxyl groups is 1. The third kappa shape index (κ3) is 10.4. The average Bonchev–Trinajstić information content (AvgIpc) is 2.17. The summed E-state index contributed by atoms with van der Waals surface area (Å²) >= 11 is 0. The van der Waals surface area contributed by atoms with Crippen LogP contribution in [0.25, 0.3) is 0 Å². The lowest BCUT2D eigenvalue weighted by Crippen LogP contribution is -2.34. The van der Waals surface area contributed by atoms with Crippen molar-refractivity contribution in [2.45, 2.75) is 26.9 Å². The molecule has 0 fully saturated rings. The Bertz CT molecular complexity index is 153. The molecule has 0 rings (SSSR count). The highest BCUT2D eigenvalue weighted by atomic mass is 16.5. The van der Waals surface area contributed by atoms with E-state index in [1.54, 1.807) is 7.11 Å². The van der Waals surface area contributed by atoms with E-state index in [-0.39, 0.29) is 0 Å². The van der Waals surface area contributed by atoms with Gasteiger partial charge in [-0.3, -0.25) is 0 Å². The molecule has 0 aliphatic carbocycles. The van der Waals surface area contributed by atoms with Gasteiger partial charge in [-0.15, -0.1) is 0 Å². The molecule has 0 heterocycles. The first-order valence-corrected chi connectivity index (χ1v) is 6.01. The van der Waals surface area contributed by atoms with Gasteiger partial charge < -0.3 is 19.9 Å². The second-order valence-electron chi connectivity index (χ2n) is 4.80. The van der Waals surface area contributed by atoms with Gasteiger partial charge in [-0.05, 0) is 18.4 Å². The lowest BCUT2D eigenvalue weighted by atomic mass is 10.2. The van der Waals surface area contributed by atoms with E-state index in [4.69, 9.17) is 9.47 Å². The fraction of sp³-hybridized carbons (Fsp3) is 1.00. The molecule has 0 spiro atoms. The van der Waals surface area contributed by atoms with E-state index in [2.05, 4.69) is 26.1 Å². The van der Waals surface area contributed by atoms with Crippen molar-refractivity contribution >= 4 is 0 Å². The van der Waals surface area contributed by atoms with Gasteiger partial charge in [0.15, 0.2) is 0 Å². The Labute approximate surface area is 99.3 Å². The van der Waals surface area contributed by atoms with Gasteiger partial charge in [0.1, 0.15) is 0 Å². The normalized spacial score (nSPS) is 15.4. The van der Waals surface area contributed by atoms with E-state index in [1.165, 1.54) is 0 Å². The molecule has 0 aromatic heterocycles. The van der Waals surface area contributed by atoms with Crippen molar-refractivity contribution < 1.29 is 14.6 Å². The van der Waals surface area contributed by atoms with E-state index in [0.717, 1.165) is 13.2 Å². The number of ether oxygens (including phenoxy) is 2. The Hall–Kier alpha value is -0.160. The second-order valence-corrected chi connectivity index (χ2v) is 4.80. The molecule has 98 valence electrons. The van der Waals surface area contributed by atoms with Crippen LogP contribution in [0.4, 0.5) is 0 Å². The van der Waals surface area contributed by atoms with E-state index in [0.29, 0.717) is 31.6 Å². The molecule has 0 amide bonds. The highest BCUT2D eigenvalue weighted by molar-refractivity contribution is 4.61. The monoisotopic (exact) mass is 233 g/mol.